The quantitative estimate of drug-likeness (QED) is 0.173. The van der Waals surface area contributed by atoms with Crippen molar-refractivity contribution in [1.29, 1.82) is 0 Å². The van der Waals surface area contributed by atoms with E-state index >= 15 is 0 Å². The van der Waals surface area contributed by atoms with Crippen LogP contribution in [0.15, 0.2) is 229 Å². The van der Waals surface area contributed by atoms with Crippen molar-refractivity contribution in [3.8, 4) is 78.7 Å². The Bertz CT molecular complexity index is 4200. The number of thiophene rings is 1. The maximum Gasteiger partial charge on any atom is 0.164 e. The van der Waals surface area contributed by atoms with Crippen molar-refractivity contribution in [1.82, 2.24) is 15.0 Å². The standard InChI is InChI=1S/C64H37N3OS/c1-2-14-38(15-3-1)39-28-30-40(31-29-39)61-65-62(42-32-34-48-47-19-7-11-27-57(47)69-58(48)37-42)67-63(66-61)50-22-13-26-56-59(50)51-36-41(33-35-55(51)68-56)43-20-12-21-49-46-18-6-10-25-54(46)64(60(43)49)52-23-8-4-16-44(52)45-17-5-9-24-53(45)64/h1-37H. The Morgan fingerprint density at radius 1 is 0.319 bits per heavy atom. The Kier molecular flexibility index (Phi) is 8.12. The normalized spacial score (nSPS) is 13.0. The van der Waals surface area contributed by atoms with Gasteiger partial charge < -0.3 is 4.42 Å². The van der Waals surface area contributed by atoms with E-state index in [1.165, 1.54) is 70.2 Å². The largest absolute Gasteiger partial charge is 0.456 e. The molecule has 0 saturated carbocycles. The highest BCUT2D eigenvalue weighted by Gasteiger charge is 2.52. The molecule has 3 aromatic heterocycles. The van der Waals surface area contributed by atoms with Crippen molar-refractivity contribution in [3.63, 3.8) is 0 Å². The molecular weight excluding hydrogens is 859 g/mol. The molecule has 0 fully saturated rings. The van der Waals surface area contributed by atoms with Crippen molar-refractivity contribution < 1.29 is 4.42 Å². The van der Waals surface area contributed by atoms with Crippen LogP contribution in [0, 0.1) is 0 Å². The fourth-order valence-electron chi connectivity index (χ4n) is 11.6. The monoisotopic (exact) mass is 895 g/mol. The summed E-state index contributed by atoms with van der Waals surface area (Å²) in [4.78, 5) is 15.9. The van der Waals surface area contributed by atoms with Gasteiger partial charge in [-0.15, -0.1) is 11.3 Å². The van der Waals surface area contributed by atoms with Gasteiger partial charge in [0, 0.05) is 47.6 Å². The molecule has 0 aliphatic heterocycles. The number of rotatable bonds is 5. The van der Waals surface area contributed by atoms with Gasteiger partial charge in [0.05, 0.1) is 5.41 Å². The van der Waals surface area contributed by atoms with Crippen LogP contribution in [0.4, 0.5) is 0 Å². The first-order valence-corrected chi connectivity index (χ1v) is 24.2. The molecule has 0 bridgehead atoms. The van der Waals surface area contributed by atoms with Crippen molar-refractivity contribution in [2.45, 2.75) is 5.41 Å². The lowest BCUT2D eigenvalue weighted by Crippen LogP contribution is -2.26. The summed E-state index contributed by atoms with van der Waals surface area (Å²) in [5.74, 6) is 1.82. The van der Waals surface area contributed by atoms with Gasteiger partial charge in [-0.3, -0.25) is 0 Å². The van der Waals surface area contributed by atoms with Gasteiger partial charge in [-0.2, -0.15) is 0 Å². The molecule has 13 aromatic rings. The van der Waals surface area contributed by atoms with Crippen molar-refractivity contribution in [3.05, 3.63) is 247 Å². The second-order valence-corrected chi connectivity index (χ2v) is 19.2. The summed E-state index contributed by atoms with van der Waals surface area (Å²) >= 11 is 1.79. The fraction of sp³-hybridized carbons (Fsp3) is 0.0156. The van der Waals surface area contributed by atoms with Gasteiger partial charge in [0.1, 0.15) is 11.2 Å². The molecule has 0 saturated heterocycles. The first-order valence-electron chi connectivity index (χ1n) is 23.4. The molecular formula is C64H37N3OS. The number of aromatic nitrogens is 3. The second-order valence-electron chi connectivity index (χ2n) is 18.2. The first-order chi connectivity index (χ1) is 34.2. The van der Waals surface area contributed by atoms with E-state index in [4.69, 9.17) is 19.4 Å². The van der Waals surface area contributed by atoms with Gasteiger partial charge in [-0.25, -0.2) is 15.0 Å². The topological polar surface area (TPSA) is 51.8 Å². The maximum absolute atomic E-state index is 6.73. The van der Waals surface area contributed by atoms with Gasteiger partial charge in [0.15, 0.2) is 17.5 Å². The third-order valence-electron chi connectivity index (χ3n) is 14.6. The van der Waals surface area contributed by atoms with Crippen LogP contribution in [0.25, 0.3) is 121 Å². The molecule has 3 heterocycles. The Balaban J connectivity index is 0.937. The van der Waals surface area contributed by atoms with Crippen LogP contribution in [0.1, 0.15) is 22.3 Å². The van der Waals surface area contributed by atoms with Crippen LogP contribution in [0.2, 0.25) is 0 Å². The number of hydrogen-bond acceptors (Lipinski definition) is 5. The molecule has 0 radical (unpaired) electrons. The summed E-state index contributed by atoms with van der Waals surface area (Å²) < 4.78 is 9.18. The smallest absolute Gasteiger partial charge is 0.164 e. The molecule has 0 atom stereocenters. The highest BCUT2D eigenvalue weighted by atomic mass is 32.1. The highest BCUT2D eigenvalue weighted by molar-refractivity contribution is 7.25. The minimum atomic E-state index is -0.482. The molecule has 15 rings (SSSR count). The zero-order valence-corrected chi connectivity index (χ0v) is 37.8. The van der Waals surface area contributed by atoms with Crippen molar-refractivity contribution in [2.75, 3.05) is 0 Å². The van der Waals surface area contributed by atoms with Crippen LogP contribution in [-0.2, 0) is 5.41 Å². The van der Waals surface area contributed by atoms with E-state index in [0.29, 0.717) is 17.5 Å². The van der Waals surface area contributed by atoms with Crippen LogP contribution < -0.4 is 0 Å². The third-order valence-corrected chi connectivity index (χ3v) is 15.7. The highest BCUT2D eigenvalue weighted by Crippen LogP contribution is 2.64. The predicted octanol–water partition coefficient (Wildman–Crippen LogP) is 16.8. The molecule has 0 N–H and O–H groups in total. The van der Waals surface area contributed by atoms with Crippen molar-refractivity contribution in [2.24, 2.45) is 0 Å². The Morgan fingerprint density at radius 2 is 0.855 bits per heavy atom. The van der Waals surface area contributed by atoms with Gasteiger partial charge in [0.2, 0.25) is 0 Å². The minimum absolute atomic E-state index is 0.482. The number of fused-ring (bicyclic) bond motifs is 16. The summed E-state index contributed by atoms with van der Waals surface area (Å²) in [6.45, 7) is 0. The molecule has 0 unspecified atom stereocenters. The summed E-state index contributed by atoms with van der Waals surface area (Å²) in [6.07, 6.45) is 0. The van der Waals surface area contributed by atoms with E-state index < -0.39 is 5.41 Å². The number of nitrogens with zero attached hydrogens (tertiary/aromatic N) is 3. The summed E-state index contributed by atoms with van der Waals surface area (Å²) in [5, 5.41) is 4.47. The van der Waals surface area contributed by atoms with E-state index in [0.717, 1.165) is 55.3 Å². The average molecular weight is 896 g/mol. The lowest BCUT2D eigenvalue weighted by atomic mass is 9.68. The van der Waals surface area contributed by atoms with Gasteiger partial charge in [-0.05, 0) is 97.1 Å². The lowest BCUT2D eigenvalue weighted by molar-refractivity contribution is 0.669. The number of furan rings is 1. The van der Waals surface area contributed by atoms with Crippen LogP contribution in [-0.4, -0.2) is 15.0 Å². The third kappa shape index (κ3) is 5.53. The van der Waals surface area contributed by atoms with Crippen molar-refractivity contribution >= 4 is 53.4 Å². The minimum Gasteiger partial charge on any atom is -0.456 e. The summed E-state index contributed by atoms with van der Waals surface area (Å²) in [7, 11) is 0. The number of hydrogen-bond donors (Lipinski definition) is 0. The van der Waals surface area contributed by atoms with E-state index in [1.54, 1.807) is 11.3 Å². The SMILES string of the molecule is c1ccc(-c2ccc(-c3nc(-c4ccc5c(c4)sc4ccccc45)nc(-c4cccc5oc6ccc(-c7cccc8c7C7(c9ccccc9-c9ccccc97)c7ccccc7-8)cc6c45)n3)cc2)cc1. The van der Waals surface area contributed by atoms with Gasteiger partial charge >= 0.3 is 0 Å². The average Bonchev–Trinajstić information content (AvgIpc) is 4.16. The molecule has 4 nitrogen and oxygen atoms in total. The maximum atomic E-state index is 6.73. The molecule has 10 aromatic carbocycles. The Labute approximate surface area is 401 Å². The summed E-state index contributed by atoms with van der Waals surface area (Å²) in [6, 6.07) is 80.9. The first kappa shape index (κ1) is 38.3. The van der Waals surface area contributed by atoms with Crippen LogP contribution in [0.3, 0.4) is 0 Å². The molecule has 69 heavy (non-hydrogen) atoms. The molecule has 320 valence electrons. The lowest BCUT2D eigenvalue weighted by Gasteiger charge is -2.32. The van der Waals surface area contributed by atoms with E-state index in [1.807, 2.05) is 12.1 Å². The van der Waals surface area contributed by atoms with E-state index in [2.05, 4.69) is 212 Å². The summed E-state index contributed by atoms with van der Waals surface area (Å²) in [5.41, 5.74) is 18.9. The fourth-order valence-corrected chi connectivity index (χ4v) is 12.8. The molecule has 2 aliphatic carbocycles. The van der Waals surface area contributed by atoms with E-state index in [9.17, 15) is 0 Å². The second kappa shape index (κ2) is 14.6. The van der Waals surface area contributed by atoms with E-state index in [-0.39, 0.29) is 0 Å². The molecule has 0 amide bonds. The zero-order valence-electron chi connectivity index (χ0n) is 37.0. The molecule has 5 heteroatoms. The molecule has 1 spiro atoms. The Morgan fingerprint density at radius 3 is 1.62 bits per heavy atom. The molecule has 2 aliphatic rings. The van der Waals surface area contributed by atoms with Gasteiger partial charge in [-0.1, -0.05) is 194 Å². The predicted molar refractivity (Wildman–Crippen MR) is 283 cm³/mol. The number of benzene rings is 10. The zero-order chi connectivity index (χ0) is 45.2. The Hall–Kier alpha value is -8.77. The van der Waals surface area contributed by atoms with Crippen LogP contribution in [0.5, 0.6) is 0 Å². The van der Waals surface area contributed by atoms with Gasteiger partial charge in [0.25, 0.3) is 0 Å². The van der Waals surface area contributed by atoms with Crippen LogP contribution >= 0.6 is 11.3 Å².